The molecule has 2 N–H and O–H groups in total. The summed E-state index contributed by atoms with van der Waals surface area (Å²) in [7, 11) is 3.27. The highest BCUT2D eigenvalue weighted by molar-refractivity contribution is 5.40. The van der Waals surface area contributed by atoms with Gasteiger partial charge in [0.05, 0.1) is 26.9 Å². The fourth-order valence-corrected chi connectivity index (χ4v) is 1.44. The molecule has 1 aromatic rings. The number of benzene rings is 1. The van der Waals surface area contributed by atoms with E-state index in [1.54, 1.807) is 14.2 Å². The average Bonchev–Trinajstić information content (AvgIpc) is 2.42. The summed E-state index contributed by atoms with van der Waals surface area (Å²) in [6.45, 7) is 2.60. The second-order valence-electron chi connectivity index (χ2n) is 3.63. The molecule has 102 valence electrons. The van der Waals surface area contributed by atoms with Crippen LogP contribution in [0.3, 0.4) is 0 Å². The van der Waals surface area contributed by atoms with Crippen LogP contribution in [0.1, 0.15) is 5.56 Å². The SMILES string of the molecule is COCCOCCOc1ccc(OC)cc1CN. The number of hydrogen-bond donors (Lipinski definition) is 1. The first-order chi connectivity index (χ1) is 8.81. The molecule has 0 spiro atoms. The van der Waals surface area contributed by atoms with Crippen molar-refractivity contribution in [1.82, 2.24) is 0 Å². The maximum atomic E-state index is 5.66. The third-order valence-electron chi connectivity index (χ3n) is 2.40. The molecule has 0 saturated heterocycles. The molecule has 18 heavy (non-hydrogen) atoms. The Morgan fingerprint density at radius 3 is 2.50 bits per heavy atom. The number of methoxy groups -OCH3 is 2. The van der Waals surface area contributed by atoms with E-state index in [2.05, 4.69) is 0 Å². The molecule has 5 heteroatoms. The standard InChI is InChI=1S/C13H21NO4/c1-15-5-6-17-7-8-18-13-4-3-12(16-2)9-11(13)10-14/h3-4,9H,5-8,10,14H2,1-2H3. The van der Waals surface area contributed by atoms with E-state index in [1.165, 1.54) is 0 Å². The Labute approximate surface area is 108 Å². The van der Waals surface area contributed by atoms with Crippen molar-refractivity contribution < 1.29 is 18.9 Å². The molecule has 0 aliphatic carbocycles. The van der Waals surface area contributed by atoms with Gasteiger partial charge in [-0.25, -0.2) is 0 Å². The van der Waals surface area contributed by atoms with Gasteiger partial charge in [0.1, 0.15) is 18.1 Å². The summed E-state index contributed by atoms with van der Waals surface area (Å²) in [6, 6.07) is 5.58. The molecule has 0 saturated carbocycles. The Morgan fingerprint density at radius 1 is 1.06 bits per heavy atom. The normalized spacial score (nSPS) is 10.4. The zero-order valence-corrected chi connectivity index (χ0v) is 11.0. The first kappa shape index (κ1) is 14.8. The molecule has 0 bridgehead atoms. The van der Waals surface area contributed by atoms with Crippen molar-refractivity contribution in [3.05, 3.63) is 23.8 Å². The average molecular weight is 255 g/mol. The quantitative estimate of drug-likeness (QED) is 0.672. The molecule has 5 nitrogen and oxygen atoms in total. The van der Waals surface area contributed by atoms with Crippen LogP contribution in [-0.2, 0) is 16.0 Å². The van der Waals surface area contributed by atoms with Crippen LogP contribution >= 0.6 is 0 Å². The van der Waals surface area contributed by atoms with Gasteiger partial charge >= 0.3 is 0 Å². The number of ether oxygens (including phenoxy) is 4. The molecule has 0 aliphatic rings. The molecule has 0 fully saturated rings. The molecule has 1 rings (SSSR count). The van der Waals surface area contributed by atoms with Gasteiger partial charge in [0.15, 0.2) is 0 Å². The molecule has 0 unspecified atom stereocenters. The summed E-state index contributed by atoms with van der Waals surface area (Å²) in [4.78, 5) is 0. The second-order valence-corrected chi connectivity index (χ2v) is 3.63. The molecule has 0 heterocycles. The molecule has 0 atom stereocenters. The first-order valence-electron chi connectivity index (χ1n) is 5.88. The highest BCUT2D eigenvalue weighted by atomic mass is 16.5. The summed E-state index contributed by atoms with van der Waals surface area (Å²) < 4.78 is 20.9. The molecule has 0 aliphatic heterocycles. The predicted molar refractivity (Wildman–Crippen MR) is 69.1 cm³/mol. The third kappa shape index (κ3) is 4.91. The third-order valence-corrected chi connectivity index (χ3v) is 2.40. The topological polar surface area (TPSA) is 62.9 Å². The van der Waals surface area contributed by atoms with Crippen LogP contribution in [0.5, 0.6) is 11.5 Å². The van der Waals surface area contributed by atoms with Gasteiger partial charge in [-0.2, -0.15) is 0 Å². The maximum Gasteiger partial charge on any atom is 0.124 e. The first-order valence-corrected chi connectivity index (χ1v) is 5.88. The van der Waals surface area contributed by atoms with Crippen LogP contribution in [0.15, 0.2) is 18.2 Å². The highest BCUT2D eigenvalue weighted by Crippen LogP contribution is 2.23. The maximum absolute atomic E-state index is 5.66. The van der Waals surface area contributed by atoms with Crippen molar-refractivity contribution in [2.24, 2.45) is 5.73 Å². The Morgan fingerprint density at radius 2 is 1.83 bits per heavy atom. The van der Waals surface area contributed by atoms with E-state index in [0.717, 1.165) is 17.1 Å². The molecule has 0 aromatic heterocycles. The lowest BCUT2D eigenvalue weighted by Crippen LogP contribution is -2.11. The van der Waals surface area contributed by atoms with E-state index in [1.807, 2.05) is 18.2 Å². The smallest absolute Gasteiger partial charge is 0.124 e. The zero-order chi connectivity index (χ0) is 13.2. The minimum Gasteiger partial charge on any atom is -0.497 e. The van der Waals surface area contributed by atoms with E-state index < -0.39 is 0 Å². The van der Waals surface area contributed by atoms with E-state index in [0.29, 0.717) is 33.0 Å². The Kier molecular flexibility index (Phi) is 7.17. The summed E-state index contributed by atoms with van der Waals surface area (Å²) in [6.07, 6.45) is 0. The largest absolute Gasteiger partial charge is 0.497 e. The lowest BCUT2D eigenvalue weighted by Gasteiger charge is -2.12. The van der Waals surface area contributed by atoms with Crippen molar-refractivity contribution in [2.75, 3.05) is 40.6 Å². The van der Waals surface area contributed by atoms with Crippen LogP contribution < -0.4 is 15.2 Å². The van der Waals surface area contributed by atoms with Gasteiger partial charge in [-0.1, -0.05) is 0 Å². The summed E-state index contributed by atoms with van der Waals surface area (Å²) in [5, 5.41) is 0. The minimum absolute atomic E-state index is 0.414. The van der Waals surface area contributed by atoms with Crippen LogP contribution in [0, 0.1) is 0 Å². The van der Waals surface area contributed by atoms with Gasteiger partial charge in [0.2, 0.25) is 0 Å². The van der Waals surface area contributed by atoms with E-state index in [-0.39, 0.29) is 0 Å². The van der Waals surface area contributed by atoms with Crippen LogP contribution in [-0.4, -0.2) is 40.6 Å². The van der Waals surface area contributed by atoms with E-state index in [9.17, 15) is 0 Å². The summed E-state index contributed by atoms with van der Waals surface area (Å²) >= 11 is 0. The fourth-order valence-electron chi connectivity index (χ4n) is 1.44. The van der Waals surface area contributed by atoms with Gasteiger partial charge < -0.3 is 24.7 Å². The number of hydrogen-bond acceptors (Lipinski definition) is 5. The van der Waals surface area contributed by atoms with Crippen LogP contribution in [0.4, 0.5) is 0 Å². The van der Waals surface area contributed by atoms with Crippen molar-refractivity contribution >= 4 is 0 Å². The lowest BCUT2D eigenvalue weighted by atomic mass is 10.2. The van der Waals surface area contributed by atoms with Gasteiger partial charge in [0.25, 0.3) is 0 Å². The minimum atomic E-state index is 0.414. The van der Waals surface area contributed by atoms with Gasteiger partial charge in [-0.3, -0.25) is 0 Å². The van der Waals surface area contributed by atoms with Crippen LogP contribution in [0.25, 0.3) is 0 Å². The predicted octanol–water partition coefficient (Wildman–Crippen LogP) is 1.20. The van der Waals surface area contributed by atoms with Gasteiger partial charge in [-0.15, -0.1) is 0 Å². The van der Waals surface area contributed by atoms with Crippen molar-refractivity contribution in [1.29, 1.82) is 0 Å². The second kappa shape index (κ2) is 8.74. The van der Waals surface area contributed by atoms with Crippen molar-refractivity contribution in [3.8, 4) is 11.5 Å². The molecular weight excluding hydrogens is 234 g/mol. The van der Waals surface area contributed by atoms with Gasteiger partial charge in [-0.05, 0) is 18.2 Å². The van der Waals surface area contributed by atoms with Crippen molar-refractivity contribution in [2.45, 2.75) is 6.54 Å². The highest BCUT2D eigenvalue weighted by Gasteiger charge is 2.04. The Hall–Kier alpha value is -1.30. The monoisotopic (exact) mass is 255 g/mol. The Bertz CT molecular complexity index is 344. The zero-order valence-electron chi connectivity index (χ0n) is 11.0. The molecule has 0 radical (unpaired) electrons. The molecule has 1 aromatic carbocycles. The van der Waals surface area contributed by atoms with Gasteiger partial charge in [0, 0.05) is 19.2 Å². The summed E-state index contributed by atoms with van der Waals surface area (Å²) in [5.74, 6) is 1.55. The molecular formula is C13H21NO4. The van der Waals surface area contributed by atoms with Crippen molar-refractivity contribution in [3.63, 3.8) is 0 Å². The lowest BCUT2D eigenvalue weighted by molar-refractivity contribution is 0.0543. The fraction of sp³-hybridized carbons (Fsp3) is 0.538. The summed E-state index contributed by atoms with van der Waals surface area (Å²) in [5.41, 5.74) is 6.58. The van der Waals surface area contributed by atoms with Crippen LogP contribution in [0.2, 0.25) is 0 Å². The van der Waals surface area contributed by atoms with E-state index in [4.69, 9.17) is 24.7 Å². The number of rotatable bonds is 9. The Balaban J connectivity index is 2.37. The molecule has 0 amide bonds. The van der Waals surface area contributed by atoms with E-state index >= 15 is 0 Å². The number of nitrogens with two attached hydrogens (primary N) is 1.